The minimum absolute atomic E-state index is 0.00109. The Labute approximate surface area is 159 Å². The van der Waals surface area contributed by atoms with Gasteiger partial charge in [0.25, 0.3) is 0 Å². The highest BCUT2D eigenvalue weighted by molar-refractivity contribution is 7.87. The van der Waals surface area contributed by atoms with Crippen LogP contribution in [0.1, 0.15) is 32.4 Å². The molecule has 146 valence electrons. The van der Waals surface area contributed by atoms with E-state index >= 15 is 0 Å². The summed E-state index contributed by atoms with van der Waals surface area (Å²) in [5.41, 5.74) is -0.437. The zero-order valence-corrected chi connectivity index (χ0v) is 16.2. The van der Waals surface area contributed by atoms with Crippen LogP contribution >= 0.6 is 0 Å². The van der Waals surface area contributed by atoms with Gasteiger partial charge < -0.3 is 19.3 Å². The predicted octanol–water partition coefficient (Wildman–Crippen LogP) is 3.01. The topological polar surface area (TPSA) is 102 Å². The summed E-state index contributed by atoms with van der Waals surface area (Å²) in [7, 11) is -4.05. The van der Waals surface area contributed by atoms with Gasteiger partial charge in [-0.1, -0.05) is 36.4 Å². The molecule has 2 N–H and O–H groups in total. The molecule has 0 aromatic heterocycles. The molecule has 7 nitrogen and oxygen atoms in total. The van der Waals surface area contributed by atoms with E-state index in [0.717, 1.165) is 0 Å². The molecule has 1 atom stereocenters. The molecule has 0 radical (unpaired) electrons. The highest BCUT2D eigenvalue weighted by Gasteiger charge is 2.22. The van der Waals surface area contributed by atoms with E-state index in [1.807, 2.05) is 0 Å². The van der Waals surface area contributed by atoms with Crippen LogP contribution in [0.25, 0.3) is 0 Å². The molecule has 0 aliphatic carbocycles. The van der Waals surface area contributed by atoms with E-state index in [2.05, 4.69) is 5.32 Å². The summed E-state index contributed by atoms with van der Waals surface area (Å²) in [5, 5.41) is 12.8. The van der Waals surface area contributed by atoms with Gasteiger partial charge in [-0.25, -0.2) is 4.79 Å². The fraction of sp³-hybridized carbons (Fsp3) is 0.316. The number of hydrogen-bond donors (Lipinski definition) is 2. The maximum Gasteiger partial charge on any atom is 0.407 e. The standard InChI is InChI=1S/C19H23NO6S/c1-19(2,3)25-18(22)20-13-16(21)15-11-7-8-12-17(15)26-27(23,24)14-9-5-4-6-10-14/h4-12,16,21H,13H2,1-3H3,(H,20,22). The van der Waals surface area contributed by atoms with Crippen LogP contribution in [0.2, 0.25) is 0 Å². The highest BCUT2D eigenvalue weighted by atomic mass is 32.2. The average Bonchev–Trinajstić information content (AvgIpc) is 2.59. The fourth-order valence-electron chi connectivity index (χ4n) is 2.19. The predicted molar refractivity (Wildman–Crippen MR) is 99.9 cm³/mol. The Kier molecular flexibility index (Phi) is 6.45. The Morgan fingerprint density at radius 1 is 1.07 bits per heavy atom. The molecule has 0 aliphatic rings. The number of carbonyl (C=O) groups excluding carboxylic acids is 1. The first kappa shape index (κ1) is 20.7. The van der Waals surface area contributed by atoms with Crippen molar-refractivity contribution in [2.45, 2.75) is 37.4 Å². The smallest absolute Gasteiger partial charge is 0.407 e. The first-order valence-electron chi connectivity index (χ1n) is 8.32. The first-order valence-corrected chi connectivity index (χ1v) is 9.73. The quantitative estimate of drug-likeness (QED) is 0.732. The lowest BCUT2D eigenvalue weighted by molar-refractivity contribution is 0.0491. The lowest BCUT2D eigenvalue weighted by Crippen LogP contribution is -2.34. The zero-order valence-electron chi connectivity index (χ0n) is 15.4. The molecule has 1 unspecified atom stereocenters. The van der Waals surface area contributed by atoms with Crippen molar-refractivity contribution in [2.75, 3.05) is 6.54 Å². The van der Waals surface area contributed by atoms with Gasteiger partial charge in [0.2, 0.25) is 0 Å². The molecule has 0 fully saturated rings. The number of alkyl carbamates (subject to hydrolysis) is 1. The first-order chi connectivity index (χ1) is 12.6. The average molecular weight is 393 g/mol. The summed E-state index contributed by atoms with van der Waals surface area (Å²) in [4.78, 5) is 11.7. The second kappa shape index (κ2) is 8.41. The van der Waals surface area contributed by atoms with Gasteiger partial charge in [-0.05, 0) is 39.0 Å². The van der Waals surface area contributed by atoms with Crippen molar-refractivity contribution in [3.63, 3.8) is 0 Å². The summed E-state index contributed by atoms with van der Waals surface area (Å²) >= 11 is 0. The Morgan fingerprint density at radius 3 is 2.30 bits per heavy atom. The normalized spacial score (nSPS) is 12.9. The van der Waals surface area contributed by atoms with Gasteiger partial charge in [-0.3, -0.25) is 0 Å². The molecule has 0 bridgehead atoms. The van der Waals surface area contributed by atoms with Crippen LogP contribution in [0.15, 0.2) is 59.5 Å². The van der Waals surface area contributed by atoms with Gasteiger partial charge in [0.15, 0.2) is 0 Å². The van der Waals surface area contributed by atoms with E-state index in [1.165, 1.54) is 24.3 Å². The molecule has 2 aromatic rings. The maximum absolute atomic E-state index is 12.4. The molecular weight excluding hydrogens is 370 g/mol. The number of aliphatic hydroxyl groups is 1. The van der Waals surface area contributed by atoms with Crippen molar-refractivity contribution in [3.05, 3.63) is 60.2 Å². The largest absolute Gasteiger partial charge is 0.444 e. The second-order valence-electron chi connectivity index (χ2n) is 6.79. The number of benzene rings is 2. The molecule has 0 spiro atoms. The number of ether oxygens (including phenoxy) is 1. The Morgan fingerprint density at radius 2 is 1.67 bits per heavy atom. The molecule has 1 amide bonds. The SMILES string of the molecule is CC(C)(C)OC(=O)NCC(O)c1ccccc1OS(=O)(=O)c1ccccc1. The molecule has 0 saturated carbocycles. The summed E-state index contributed by atoms with van der Waals surface area (Å²) in [6.07, 6.45) is -1.86. The third kappa shape index (κ3) is 6.26. The minimum Gasteiger partial charge on any atom is -0.444 e. The van der Waals surface area contributed by atoms with Crippen LogP contribution in [0, 0.1) is 0 Å². The van der Waals surface area contributed by atoms with Crippen LogP contribution < -0.4 is 9.50 Å². The van der Waals surface area contributed by atoms with Crippen molar-refractivity contribution in [1.82, 2.24) is 5.32 Å². The number of amides is 1. The van der Waals surface area contributed by atoms with Crippen molar-refractivity contribution in [1.29, 1.82) is 0 Å². The summed E-state index contributed by atoms with van der Waals surface area (Å²) < 4.78 is 35.1. The highest BCUT2D eigenvalue weighted by Crippen LogP contribution is 2.27. The Bertz CT molecular complexity index is 875. The van der Waals surface area contributed by atoms with Crippen molar-refractivity contribution in [3.8, 4) is 5.75 Å². The van der Waals surface area contributed by atoms with Crippen LogP contribution in [0.5, 0.6) is 5.75 Å². The van der Waals surface area contributed by atoms with Crippen molar-refractivity contribution >= 4 is 16.2 Å². The Balaban J connectivity index is 2.12. The van der Waals surface area contributed by atoms with Crippen LogP contribution in [-0.4, -0.2) is 31.8 Å². The maximum atomic E-state index is 12.4. The molecule has 2 aromatic carbocycles. The molecule has 2 rings (SSSR count). The number of para-hydroxylation sites is 1. The second-order valence-corrected chi connectivity index (χ2v) is 8.33. The van der Waals surface area contributed by atoms with Gasteiger partial charge in [-0.15, -0.1) is 0 Å². The summed E-state index contributed by atoms with van der Waals surface area (Å²) in [5.74, 6) is -0.0140. The van der Waals surface area contributed by atoms with E-state index in [1.54, 1.807) is 51.1 Å². The molecule has 0 saturated heterocycles. The van der Waals surface area contributed by atoms with E-state index in [4.69, 9.17) is 8.92 Å². The van der Waals surface area contributed by atoms with Gasteiger partial charge in [0, 0.05) is 5.56 Å². The molecule has 0 heterocycles. The number of carbonyl (C=O) groups is 1. The molecule has 27 heavy (non-hydrogen) atoms. The van der Waals surface area contributed by atoms with E-state index in [0.29, 0.717) is 0 Å². The zero-order chi connectivity index (χ0) is 20.1. The lowest BCUT2D eigenvalue weighted by Gasteiger charge is -2.21. The monoisotopic (exact) mass is 393 g/mol. The van der Waals surface area contributed by atoms with Crippen molar-refractivity contribution < 1.29 is 27.2 Å². The number of nitrogens with one attached hydrogen (secondary N) is 1. The molecule has 0 aliphatic heterocycles. The van der Waals surface area contributed by atoms with Crippen LogP contribution in [0.4, 0.5) is 4.79 Å². The fourth-order valence-corrected chi connectivity index (χ4v) is 3.16. The molecule has 8 heteroatoms. The Hall–Kier alpha value is -2.58. The third-order valence-corrected chi connectivity index (χ3v) is 4.60. The summed E-state index contributed by atoms with van der Waals surface area (Å²) in [6, 6.07) is 13.9. The number of rotatable bonds is 6. The van der Waals surface area contributed by atoms with Crippen molar-refractivity contribution in [2.24, 2.45) is 0 Å². The van der Waals surface area contributed by atoms with Gasteiger partial charge >= 0.3 is 16.2 Å². The van der Waals surface area contributed by atoms with Gasteiger partial charge in [0.1, 0.15) is 22.4 Å². The third-order valence-electron chi connectivity index (χ3n) is 3.35. The summed E-state index contributed by atoms with van der Waals surface area (Å²) in [6.45, 7) is 5.00. The van der Waals surface area contributed by atoms with E-state index < -0.39 is 27.9 Å². The van der Waals surface area contributed by atoms with Gasteiger partial charge in [-0.2, -0.15) is 8.42 Å². The van der Waals surface area contributed by atoms with Crippen LogP contribution in [0.3, 0.4) is 0 Å². The van der Waals surface area contributed by atoms with Gasteiger partial charge in [0.05, 0.1) is 6.54 Å². The number of aliphatic hydroxyl groups excluding tert-OH is 1. The van der Waals surface area contributed by atoms with Crippen LogP contribution in [-0.2, 0) is 14.9 Å². The minimum atomic E-state index is -4.05. The molecular formula is C19H23NO6S. The van der Waals surface area contributed by atoms with E-state index in [9.17, 15) is 18.3 Å². The number of hydrogen-bond acceptors (Lipinski definition) is 6. The lowest BCUT2D eigenvalue weighted by atomic mass is 10.1. The van der Waals surface area contributed by atoms with E-state index in [-0.39, 0.29) is 22.8 Å².